The van der Waals surface area contributed by atoms with Gasteiger partial charge in [0.15, 0.2) is 5.82 Å². The smallest absolute Gasteiger partial charge is 0.256 e. The molecule has 0 atom stereocenters. The summed E-state index contributed by atoms with van der Waals surface area (Å²) in [5.74, 6) is -2.18. The number of halogens is 2. The predicted octanol–water partition coefficient (Wildman–Crippen LogP) is 1.18. The van der Waals surface area contributed by atoms with Crippen LogP contribution in [0.15, 0.2) is 12.1 Å². The van der Waals surface area contributed by atoms with E-state index in [4.69, 9.17) is 5.73 Å². The van der Waals surface area contributed by atoms with Gasteiger partial charge in [-0.2, -0.15) is 0 Å². The molecule has 0 radical (unpaired) electrons. The summed E-state index contributed by atoms with van der Waals surface area (Å²) in [6.45, 7) is 1.05. The van der Waals surface area contributed by atoms with E-state index >= 15 is 0 Å². The second-order valence-electron chi connectivity index (χ2n) is 4.39. The molecule has 1 aromatic rings. The third kappa shape index (κ3) is 3.40. The van der Waals surface area contributed by atoms with Gasteiger partial charge in [0.1, 0.15) is 5.82 Å². The molecule has 6 heteroatoms. The van der Waals surface area contributed by atoms with E-state index in [1.165, 1.54) is 11.9 Å². The maximum absolute atomic E-state index is 13.6. The Balaban J connectivity index is 2.90. The predicted molar refractivity (Wildman–Crippen MR) is 66.3 cm³/mol. The van der Waals surface area contributed by atoms with Crippen LogP contribution in [-0.4, -0.2) is 49.9 Å². The normalized spacial score (nSPS) is 10.8. The first-order valence-electron chi connectivity index (χ1n) is 5.47. The van der Waals surface area contributed by atoms with Gasteiger partial charge in [-0.25, -0.2) is 8.78 Å². The van der Waals surface area contributed by atoms with Crippen LogP contribution in [0, 0.1) is 11.6 Å². The molecule has 0 fully saturated rings. The zero-order valence-electron chi connectivity index (χ0n) is 10.7. The van der Waals surface area contributed by atoms with Crippen LogP contribution in [0.1, 0.15) is 10.4 Å². The summed E-state index contributed by atoms with van der Waals surface area (Å²) in [6, 6.07) is 1.71. The Bertz CT molecular complexity index is 449. The number of amides is 1. The van der Waals surface area contributed by atoms with Crippen LogP contribution in [0.3, 0.4) is 0 Å². The molecule has 18 heavy (non-hydrogen) atoms. The van der Waals surface area contributed by atoms with Gasteiger partial charge in [0.25, 0.3) is 5.91 Å². The van der Waals surface area contributed by atoms with E-state index in [9.17, 15) is 13.6 Å². The number of carbonyl (C=O) groups is 1. The number of anilines is 1. The Hall–Kier alpha value is -1.69. The molecule has 0 aliphatic rings. The summed E-state index contributed by atoms with van der Waals surface area (Å²) in [4.78, 5) is 15.1. The number of hydrogen-bond acceptors (Lipinski definition) is 3. The molecule has 100 valence electrons. The Morgan fingerprint density at radius 3 is 2.39 bits per heavy atom. The first-order valence-corrected chi connectivity index (χ1v) is 5.47. The standard InChI is InChI=1S/C12H17F2N3O/c1-16(2)4-5-17(3)12(18)9-6-8(13)7-10(15)11(9)14/h6-7H,4-5,15H2,1-3H3. The van der Waals surface area contributed by atoms with E-state index in [-0.39, 0.29) is 11.3 Å². The van der Waals surface area contributed by atoms with E-state index in [2.05, 4.69) is 0 Å². The van der Waals surface area contributed by atoms with E-state index in [0.29, 0.717) is 13.1 Å². The number of carbonyl (C=O) groups excluding carboxylic acids is 1. The van der Waals surface area contributed by atoms with Crippen molar-refractivity contribution >= 4 is 11.6 Å². The highest BCUT2D eigenvalue weighted by Crippen LogP contribution is 2.18. The van der Waals surface area contributed by atoms with Crippen molar-refractivity contribution in [2.45, 2.75) is 0 Å². The van der Waals surface area contributed by atoms with Gasteiger partial charge >= 0.3 is 0 Å². The summed E-state index contributed by atoms with van der Waals surface area (Å²) in [5, 5.41) is 0. The Kier molecular flexibility index (Phi) is 4.61. The Morgan fingerprint density at radius 2 is 1.83 bits per heavy atom. The van der Waals surface area contributed by atoms with Gasteiger partial charge < -0.3 is 15.5 Å². The van der Waals surface area contributed by atoms with Crippen molar-refractivity contribution < 1.29 is 13.6 Å². The lowest BCUT2D eigenvalue weighted by atomic mass is 10.1. The molecule has 0 aliphatic heterocycles. The van der Waals surface area contributed by atoms with Crippen molar-refractivity contribution in [3.05, 3.63) is 29.3 Å². The Morgan fingerprint density at radius 1 is 1.22 bits per heavy atom. The third-order valence-electron chi connectivity index (χ3n) is 2.53. The summed E-state index contributed by atoms with van der Waals surface area (Å²) >= 11 is 0. The minimum Gasteiger partial charge on any atom is -0.396 e. The zero-order chi connectivity index (χ0) is 13.9. The maximum atomic E-state index is 13.6. The summed E-state index contributed by atoms with van der Waals surface area (Å²) in [5.41, 5.74) is 4.59. The van der Waals surface area contributed by atoms with Crippen molar-refractivity contribution in [1.82, 2.24) is 9.80 Å². The highest BCUT2D eigenvalue weighted by Gasteiger charge is 2.19. The van der Waals surface area contributed by atoms with Gasteiger partial charge in [-0.05, 0) is 26.2 Å². The summed E-state index contributed by atoms with van der Waals surface area (Å²) in [6.07, 6.45) is 0. The fraction of sp³-hybridized carbons (Fsp3) is 0.417. The van der Waals surface area contributed by atoms with Gasteiger partial charge in [0, 0.05) is 20.1 Å². The molecule has 1 rings (SSSR count). The molecule has 1 amide bonds. The van der Waals surface area contributed by atoms with E-state index in [0.717, 1.165) is 12.1 Å². The fourth-order valence-corrected chi connectivity index (χ4v) is 1.42. The quantitative estimate of drug-likeness (QED) is 0.824. The molecule has 4 nitrogen and oxygen atoms in total. The average molecular weight is 257 g/mol. The highest BCUT2D eigenvalue weighted by atomic mass is 19.1. The first-order chi connectivity index (χ1) is 8.32. The minimum atomic E-state index is -0.877. The van der Waals surface area contributed by atoms with Crippen molar-refractivity contribution in [2.75, 3.05) is 40.0 Å². The van der Waals surface area contributed by atoms with Crippen LogP contribution in [0.4, 0.5) is 14.5 Å². The van der Waals surface area contributed by atoms with Crippen molar-refractivity contribution in [3.63, 3.8) is 0 Å². The molecule has 0 aromatic heterocycles. The summed E-state index contributed by atoms with van der Waals surface area (Å²) in [7, 11) is 5.25. The van der Waals surface area contributed by atoms with E-state index < -0.39 is 17.5 Å². The molecular weight excluding hydrogens is 240 g/mol. The lowest BCUT2D eigenvalue weighted by Crippen LogP contribution is -2.34. The Labute approximate surface area is 105 Å². The van der Waals surface area contributed by atoms with Crippen molar-refractivity contribution in [1.29, 1.82) is 0 Å². The molecule has 0 heterocycles. The molecule has 0 bridgehead atoms. The van der Waals surface area contributed by atoms with Crippen molar-refractivity contribution in [2.24, 2.45) is 0 Å². The van der Waals surface area contributed by atoms with Gasteiger partial charge in [-0.1, -0.05) is 0 Å². The van der Waals surface area contributed by atoms with E-state index in [1.807, 2.05) is 19.0 Å². The lowest BCUT2D eigenvalue weighted by Gasteiger charge is -2.20. The molecular formula is C12H17F2N3O. The molecule has 2 N–H and O–H groups in total. The zero-order valence-corrected chi connectivity index (χ0v) is 10.7. The van der Waals surface area contributed by atoms with Gasteiger partial charge in [-0.3, -0.25) is 4.79 Å². The van der Waals surface area contributed by atoms with Crippen LogP contribution in [0.5, 0.6) is 0 Å². The van der Waals surface area contributed by atoms with Gasteiger partial charge in [0.05, 0.1) is 11.3 Å². The maximum Gasteiger partial charge on any atom is 0.256 e. The van der Waals surface area contributed by atoms with Gasteiger partial charge in [-0.15, -0.1) is 0 Å². The van der Waals surface area contributed by atoms with Crippen LogP contribution < -0.4 is 5.73 Å². The average Bonchev–Trinajstić information content (AvgIpc) is 2.29. The third-order valence-corrected chi connectivity index (χ3v) is 2.53. The molecule has 0 spiro atoms. The topological polar surface area (TPSA) is 49.6 Å². The highest BCUT2D eigenvalue weighted by molar-refractivity contribution is 5.95. The molecule has 0 saturated heterocycles. The molecule has 0 aliphatic carbocycles. The van der Waals surface area contributed by atoms with Crippen LogP contribution >= 0.6 is 0 Å². The number of nitrogens with zero attached hydrogens (tertiary/aromatic N) is 2. The van der Waals surface area contributed by atoms with Crippen molar-refractivity contribution in [3.8, 4) is 0 Å². The number of rotatable bonds is 4. The van der Waals surface area contributed by atoms with E-state index in [1.54, 1.807) is 0 Å². The molecule has 0 saturated carbocycles. The number of likely N-dealkylation sites (N-methyl/N-ethyl adjacent to an activating group) is 2. The lowest BCUT2D eigenvalue weighted by molar-refractivity contribution is 0.0781. The van der Waals surface area contributed by atoms with Crippen LogP contribution in [0.25, 0.3) is 0 Å². The summed E-state index contributed by atoms with van der Waals surface area (Å²) < 4.78 is 26.8. The SMILES string of the molecule is CN(C)CCN(C)C(=O)c1cc(F)cc(N)c1F. The first kappa shape index (κ1) is 14.4. The second-order valence-corrected chi connectivity index (χ2v) is 4.39. The monoisotopic (exact) mass is 257 g/mol. The number of nitrogen functional groups attached to an aromatic ring is 1. The fourth-order valence-electron chi connectivity index (χ4n) is 1.42. The molecule has 0 unspecified atom stereocenters. The number of benzene rings is 1. The molecule has 1 aromatic carbocycles. The van der Waals surface area contributed by atoms with Crippen LogP contribution in [-0.2, 0) is 0 Å². The number of hydrogen-bond donors (Lipinski definition) is 1. The number of nitrogens with two attached hydrogens (primary N) is 1. The second kappa shape index (κ2) is 5.77. The van der Waals surface area contributed by atoms with Gasteiger partial charge in [0.2, 0.25) is 0 Å². The minimum absolute atomic E-state index is 0.339. The largest absolute Gasteiger partial charge is 0.396 e. The van der Waals surface area contributed by atoms with Crippen LogP contribution in [0.2, 0.25) is 0 Å².